The lowest BCUT2D eigenvalue weighted by Crippen LogP contribution is -2.34. The highest BCUT2D eigenvalue weighted by Gasteiger charge is 2.32. The summed E-state index contributed by atoms with van der Waals surface area (Å²) < 4.78 is 0. The van der Waals surface area contributed by atoms with Gasteiger partial charge in [-0.1, -0.05) is 20.3 Å². The Labute approximate surface area is 101 Å². The molecular weight excluding hydrogens is 196 g/mol. The average Bonchev–Trinajstić information content (AvgIpc) is 2.87. The molecule has 0 aromatic heterocycles. The van der Waals surface area contributed by atoms with E-state index in [4.69, 9.17) is 0 Å². The minimum atomic E-state index is 0.806. The normalized spacial score (nSPS) is 36.0. The second-order valence-electron chi connectivity index (χ2n) is 5.66. The molecule has 1 N–H and O–H groups in total. The van der Waals surface area contributed by atoms with Crippen LogP contribution in [0.3, 0.4) is 0 Å². The first-order valence-electron chi connectivity index (χ1n) is 7.30. The second-order valence-corrected chi connectivity index (χ2v) is 5.66. The highest BCUT2D eigenvalue weighted by Crippen LogP contribution is 2.30. The van der Waals surface area contributed by atoms with E-state index in [1.807, 2.05) is 0 Å². The summed E-state index contributed by atoms with van der Waals surface area (Å²) in [7, 11) is 0. The molecule has 2 nitrogen and oxygen atoms in total. The van der Waals surface area contributed by atoms with Gasteiger partial charge in [-0.15, -0.1) is 0 Å². The summed E-state index contributed by atoms with van der Waals surface area (Å²) in [6, 6.07) is 1.70. The average molecular weight is 224 g/mol. The molecule has 1 aliphatic heterocycles. The predicted octanol–water partition coefficient (Wildman–Crippen LogP) is 2.64. The van der Waals surface area contributed by atoms with Gasteiger partial charge in [-0.25, -0.2) is 0 Å². The van der Waals surface area contributed by atoms with Crippen LogP contribution in [0.5, 0.6) is 0 Å². The van der Waals surface area contributed by atoms with Gasteiger partial charge in [0, 0.05) is 18.6 Å². The largest absolute Gasteiger partial charge is 0.314 e. The van der Waals surface area contributed by atoms with Crippen LogP contribution in [0.25, 0.3) is 0 Å². The molecule has 1 saturated carbocycles. The maximum Gasteiger partial charge on any atom is 0.0111 e. The van der Waals surface area contributed by atoms with Crippen molar-refractivity contribution in [3.63, 3.8) is 0 Å². The van der Waals surface area contributed by atoms with Crippen LogP contribution in [0.2, 0.25) is 0 Å². The predicted molar refractivity (Wildman–Crippen MR) is 69.7 cm³/mol. The van der Waals surface area contributed by atoms with Crippen molar-refractivity contribution in [2.45, 2.75) is 64.5 Å². The highest BCUT2D eigenvalue weighted by atomic mass is 15.2. The molecule has 2 heteroatoms. The summed E-state index contributed by atoms with van der Waals surface area (Å²) in [5.41, 5.74) is 0. The van der Waals surface area contributed by atoms with Gasteiger partial charge in [-0.2, -0.15) is 0 Å². The van der Waals surface area contributed by atoms with Crippen molar-refractivity contribution < 1.29 is 0 Å². The third kappa shape index (κ3) is 2.98. The van der Waals surface area contributed by atoms with Gasteiger partial charge in [-0.3, -0.25) is 0 Å². The zero-order valence-electron chi connectivity index (χ0n) is 11.0. The van der Waals surface area contributed by atoms with Gasteiger partial charge in [0.1, 0.15) is 0 Å². The molecule has 1 aliphatic carbocycles. The van der Waals surface area contributed by atoms with Crippen LogP contribution in [-0.2, 0) is 0 Å². The van der Waals surface area contributed by atoms with Crippen LogP contribution in [0.15, 0.2) is 0 Å². The van der Waals surface area contributed by atoms with E-state index >= 15 is 0 Å². The molecule has 0 spiro atoms. The van der Waals surface area contributed by atoms with Crippen LogP contribution in [-0.4, -0.2) is 36.6 Å². The molecule has 2 fully saturated rings. The van der Waals surface area contributed by atoms with Crippen LogP contribution in [0, 0.1) is 5.92 Å². The number of hydrogen-bond acceptors (Lipinski definition) is 2. The molecule has 1 saturated heterocycles. The Morgan fingerprint density at radius 3 is 2.81 bits per heavy atom. The molecule has 3 unspecified atom stereocenters. The van der Waals surface area contributed by atoms with Gasteiger partial charge in [-0.05, 0) is 51.1 Å². The van der Waals surface area contributed by atoms with Crippen molar-refractivity contribution in [1.29, 1.82) is 0 Å². The molecule has 2 aliphatic rings. The molecule has 3 atom stereocenters. The lowest BCUT2D eigenvalue weighted by molar-refractivity contribution is 0.232. The van der Waals surface area contributed by atoms with Crippen LogP contribution >= 0.6 is 0 Å². The van der Waals surface area contributed by atoms with E-state index in [0.717, 1.165) is 24.5 Å². The molecule has 16 heavy (non-hydrogen) atoms. The Morgan fingerprint density at radius 1 is 1.19 bits per heavy atom. The quantitative estimate of drug-likeness (QED) is 0.772. The second kappa shape index (κ2) is 6.02. The fourth-order valence-electron chi connectivity index (χ4n) is 3.60. The van der Waals surface area contributed by atoms with Gasteiger partial charge >= 0.3 is 0 Å². The van der Waals surface area contributed by atoms with Crippen molar-refractivity contribution in [2.24, 2.45) is 5.92 Å². The summed E-state index contributed by atoms with van der Waals surface area (Å²) >= 11 is 0. The topological polar surface area (TPSA) is 15.3 Å². The van der Waals surface area contributed by atoms with E-state index in [0.29, 0.717) is 0 Å². The number of nitrogens with one attached hydrogen (secondary N) is 1. The SMILES string of the molecule is CCCC1CCN(C2CCC(NCC)C2)C1. The van der Waals surface area contributed by atoms with E-state index in [1.54, 1.807) is 0 Å². The molecular formula is C14H28N2. The van der Waals surface area contributed by atoms with Crippen molar-refractivity contribution in [2.75, 3.05) is 19.6 Å². The summed E-state index contributed by atoms with van der Waals surface area (Å²) in [6.45, 7) is 8.43. The Hall–Kier alpha value is -0.0800. The first-order valence-corrected chi connectivity index (χ1v) is 7.30. The van der Waals surface area contributed by atoms with Crippen molar-refractivity contribution in [3.05, 3.63) is 0 Å². The fraction of sp³-hybridized carbons (Fsp3) is 1.00. The van der Waals surface area contributed by atoms with Crippen molar-refractivity contribution in [3.8, 4) is 0 Å². The number of nitrogens with zero attached hydrogens (tertiary/aromatic N) is 1. The molecule has 0 aromatic rings. The monoisotopic (exact) mass is 224 g/mol. The molecule has 94 valence electrons. The standard InChI is InChI=1S/C14H28N2/c1-3-5-12-8-9-16(11-12)14-7-6-13(10-14)15-4-2/h12-15H,3-11H2,1-2H3. The van der Waals surface area contributed by atoms with Gasteiger partial charge in [0.15, 0.2) is 0 Å². The Morgan fingerprint density at radius 2 is 2.06 bits per heavy atom. The molecule has 0 aromatic carbocycles. The molecule has 2 rings (SSSR count). The van der Waals surface area contributed by atoms with Crippen molar-refractivity contribution in [1.82, 2.24) is 10.2 Å². The first-order chi connectivity index (χ1) is 7.83. The lowest BCUT2D eigenvalue weighted by Gasteiger charge is -2.24. The zero-order valence-corrected chi connectivity index (χ0v) is 11.0. The summed E-state index contributed by atoms with van der Waals surface area (Å²) in [6.07, 6.45) is 8.48. The van der Waals surface area contributed by atoms with E-state index < -0.39 is 0 Å². The third-order valence-corrected chi connectivity index (χ3v) is 4.43. The van der Waals surface area contributed by atoms with Crippen LogP contribution in [0.4, 0.5) is 0 Å². The Bertz CT molecular complexity index is 183. The Balaban J connectivity index is 1.73. The maximum absolute atomic E-state index is 3.61. The van der Waals surface area contributed by atoms with Crippen LogP contribution in [0.1, 0.15) is 52.4 Å². The van der Waals surface area contributed by atoms with Crippen LogP contribution < -0.4 is 5.32 Å². The van der Waals surface area contributed by atoms with Gasteiger partial charge in [0.25, 0.3) is 0 Å². The summed E-state index contributed by atoms with van der Waals surface area (Å²) in [5.74, 6) is 1.00. The minimum absolute atomic E-state index is 0.806. The maximum atomic E-state index is 3.61. The number of rotatable bonds is 5. The van der Waals surface area contributed by atoms with E-state index in [9.17, 15) is 0 Å². The fourth-order valence-corrected chi connectivity index (χ4v) is 3.60. The van der Waals surface area contributed by atoms with Crippen molar-refractivity contribution >= 4 is 0 Å². The molecule has 0 amide bonds. The molecule has 0 bridgehead atoms. The number of hydrogen-bond donors (Lipinski definition) is 1. The van der Waals surface area contributed by atoms with Gasteiger partial charge in [0.05, 0.1) is 0 Å². The summed E-state index contributed by atoms with van der Waals surface area (Å²) in [4.78, 5) is 2.78. The van der Waals surface area contributed by atoms with Gasteiger partial charge in [0.2, 0.25) is 0 Å². The minimum Gasteiger partial charge on any atom is -0.314 e. The van der Waals surface area contributed by atoms with E-state index in [1.165, 1.54) is 51.6 Å². The van der Waals surface area contributed by atoms with Gasteiger partial charge < -0.3 is 10.2 Å². The highest BCUT2D eigenvalue weighted by molar-refractivity contribution is 4.89. The smallest absolute Gasteiger partial charge is 0.0111 e. The zero-order chi connectivity index (χ0) is 11.4. The summed E-state index contributed by atoms with van der Waals surface area (Å²) in [5, 5.41) is 3.61. The molecule has 1 heterocycles. The third-order valence-electron chi connectivity index (χ3n) is 4.43. The lowest BCUT2D eigenvalue weighted by atomic mass is 10.0. The van der Waals surface area contributed by atoms with E-state index in [2.05, 4.69) is 24.1 Å². The number of likely N-dealkylation sites (tertiary alicyclic amines) is 1. The van der Waals surface area contributed by atoms with E-state index in [-0.39, 0.29) is 0 Å². The Kier molecular flexibility index (Phi) is 4.66. The first kappa shape index (κ1) is 12.4. The molecule has 0 radical (unpaired) electrons.